The molecule has 0 radical (unpaired) electrons. The van der Waals surface area contributed by atoms with Crippen molar-refractivity contribution in [3.05, 3.63) is 0 Å². The Morgan fingerprint density at radius 2 is 2.25 bits per heavy atom. The Hall–Kier alpha value is -0.710. The molecule has 1 rings (SSSR count). The first-order valence-electron chi connectivity index (χ1n) is 3.63. The number of nitrogens with zero attached hydrogens (tertiary/aromatic N) is 2. The second-order valence-corrected chi connectivity index (χ2v) is 4.52. The number of hydrogen-bond donors (Lipinski definition) is 1. The van der Waals surface area contributed by atoms with Gasteiger partial charge in [0.25, 0.3) is 0 Å². The molecule has 0 aromatic rings. The van der Waals surface area contributed by atoms with Gasteiger partial charge in [-0.1, -0.05) is 20.8 Å². The van der Waals surface area contributed by atoms with Crippen LogP contribution in [-0.2, 0) is 0 Å². The fourth-order valence-electron chi connectivity index (χ4n) is 0.979. The number of carbonyl (C=O) groups is 1. The predicted molar refractivity (Wildman–Crippen MR) is 49.2 cm³/mol. The van der Waals surface area contributed by atoms with Crippen LogP contribution in [0.25, 0.3) is 0 Å². The first kappa shape index (κ1) is 9.38. The summed E-state index contributed by atoms with van der Waals surface area (Å²) < 4.78 is 1.26. The monoisotopic (exact) mass is 188 g/mol. The average Bonchev–Trinajstić information content (AvgIpc) is 2.30. The van der Waals surface area contributed by atoms with Crippen LogP contribution in [0.2, 0.25) is 0 Å². The lowest BCUT2D eigenvalue weighted by Crippen LogP contribution is -2.38. The highest BCUT2D eigenvalue weighted by Gasteiger charge is 2.36. The summed E-state index contributed by atoms with van der Waals surface area (Å²) in [6.45, 7) is 5.91. The van der Waals surface area contributed by atoms with E-state index in [0.717, 1.165) is 11.9 Å². The Bertz CT molecular complexity index is 222. The van der Waals surface area contributed by atoms with Crippen LogP contribution in [0, 0.1) is 5.41 Å². The van der Waals surface area contributed by atoms with Crippen molar-refractivity contribution in [2.24, 2.45) is 10.4 Å². The fourth-order valence-corrected chi connectivity index (χ4v) is 1.83. The molecule has 1 aliphatic rings. The summed E-state index contributed by atoms with van der Waals surface area (Å²) in [5.41, 5.74) is 1.43. The predicted octanol–water partition coefficient (Wildman–Crippen LogP) is 2.03. The average molecular weight is 188 g/mol. The topological polar surface area (TPSA) is 52.9 Å². The van der Waals surface area contributed by atoms with Crippen LogP contribution in [-0.4, -0.2) is 27.2 Å². The fraction of sp³-hybridized carbons (Fsp3) is 0.714. The number of hydrogen-bond acceptors (Lipinski definition) is 3. The molecule has 0 aromatic heterocycles. The van der Waals surface area contributed by atoms with Gasteiger partial charge < -0.3 is 5.11 Å². The lowest BCUT2D eigenvalue weighted by Gasteiger charge is -2.29. The highest BCUT2D eigenvalue weighted by molar-refractivity contribution is 8.10. The largest absolute Gasteiger partial charge is 0.464 e. The normalized spacial score (nSPS) is 23.2. The molecule has 5 heteroatoms. The van der Waals surface area contributed by atoms with E-state index in [9.17, 15) is 4.79 Å². The minimum atomic E-state index is -0.933. The smallest absolute Gasteiger partial charge is 0.419 e. The van der Waals surface area contributed by atoms with E-state index in [1.165, 1.54) is 4.31 Å². The Morgan fingerprint density at radius 1 is 1.67 bits per heavy atom. The molecule has 1 heterocycles. The second-order valence-electron chi connectivity index (χ2n) is 3.71. The zero-order valence-electron chi connectivity index (χ0n) is 7.31. The Balaban J connectivity index is 2.76. The van der Waals surface area contributed by atoms with Crippen molar-refractivity contribution >= 4 is 23.6 Å². The molecule has 0 bridgehead atoms. The van der Waals surface area contributed by atoms with E-state index in [-0.39, 0.29) is 11.6 Å². The highest BCUT2D eigenvalue weighted by Crippen LogP contribution is 2.33. The van der Waals surface area contributed by atoms with Crippen molar-refractivity contribution in [1.29, 1.82) is 0 Å². The summed E-state index contributed by atoms with van der Waals surface area (Å²) in [6, 6.07) is 0. The molecule has 0 aromatic carbocycles. The molecule has 0 spiro atoms. The van der Waals surface area contributed by atoms with E-state index in [2.05, 4.69) is 4.99 Å². The lowest BCUT2D eigenvalue weighted by molar-refractivity contribution is 0.141. The summed E-state index contributed by atoms with van der Waals surface area (Å²) in [7, 11) is 0. The maximum Gasteiger partial charge on any atom is 0.419 e. The zero-order valence-corrected chi connectivity index (χ0v) is 8.13. The Kier molecular flexibility index (Phi) is 2.32. The SMILES string of the molecule is CC(C)(C)[C@H]1N=CSN1C(=O)O. The van der Waals surface area contributed by atoms with Gasteiger partial charge in [-0.25, -0.2) is 9.10 Å². The van der Waals surface area contributed by atoms with Gasteiger partial charge in [0.05, 0.1) is 5.55 Å². The van der Waals surface area contributed by atoms with Gasteiger partial charge in [0.2, 0.25) is 0 Å². The van der Waals surface area contributed by atoms with Gasteiger partial charge in [0.15, 0.2) is 0 Å². The summed E-state index contributed by atoms with van der Waals surface area (Å²) in [5, 5.41) is 8.77. The van der Waals surface area contributed by atoms with Crippen molar-refractivity contribution in [1.82, 2.24) is 4.31 Å². The Morgan fingerprint density at radius 3 is 2.58 bits per heavy atom. The molecule has 4 nitrogen and oxygen atoms in total. The van der Waals surface area contributed by atoms with E-state index >= 15 is 0 Å². The molecule has 0 fully saturated rings. The van der Waals surface area contributed by atoms with Gasteiger partial charge >= 0.3 is 6.09 Å². The third-order valence-corrected chi connectivity index (χ3v) is 2.35. The zero-order chi connectivity index (χ0) is 9.35. The molecule has 1 atom stereocenters. The third-order valence-electron chi connectivity index (χ3n) is 1.55. The van der Waals surface area contributed by atoms with Crippen LogP contribution in [0.5, 0.6) is 0 Å². The number of rotatable bonds is 0. The first-order chi connectivity index (χ1) is 5.43. The van der Waals surface area contributed by atoms with Crippen LogP contribution in [0.1, 0.15) is 20.8 Å². The summed E-state index contributed by atoms with van der Waals surface area (Å²) >= 11 is 1.13. The summed E-state index contributed by atoms with van der Waals surface area (Å²) in [4.78, 5) is 14.8. The van der Waals surface area contributed by atoms with Crippen molar-refractivity contribution < 1.29 is 9.90 Å². The van der Waals surface area contributed by atoms with Crippen molar-refractivity contribution in [3.8, 4) is 0 Å². The Labute approximate surface area is 75.8 Å². The van der Waals surface area contributed by atoms with Crippen LogP contribution in [0.3, 0.4) is 0 Å². The van der Waals surface area contributed by atoms with Crippen LogP contribution in [0.4, 0.5) is 4.79 Å². The van der Waals surface area contributed by atoms with E-state index in [0.29, 0.717) is 0 Å². The molecule has 68 valence electrons. The van der Waals surface area contributed by atoms with Crippen molar-refractivity contribution in [2.75, 3.05) is 0 Å². The van der Waals surface area contributed by atoms with E-state index in [1.54, 1.807) is 5.55 Å². The van der Waals surface area contributed by atoms with Gasteiger partial charge in [-0.15, -0.1) is 0 Å². The first-order valence-corrected chi connectivity index (χ1v) is 4.47. The van der Waals surface area contributed by atoms with E-state index < -0.39 is 6.09 Å². The summed E-state index contributed by atoms with van der Waals surface area (Å²) in [6.07, 6.45) is -1.20. The molecule has 0 saturated carbocycles. The molecule has 0 aliphatic carbocycles. The number of amides is 1. The quantitative estimate of drug-likeness (QED) is 0.592. The number of carboxylic acid groups (broad SMARTS) is 1. The van der Waals surface area contributed by atoms with Crippen molar-refractivity contribution in [2.45, 2.75) is 26.9 Å². The van der Waals surface area contributed by atoms with Crippen molar-refractivity contribution in [3.63, 3.8) is 0 Å². The van der Waals surface area contributed by atoms with Crippen LogP contribution >= 0.6 is 11.9 Å². The molecule has 0 unspecified atom stereocenters. The second kappa shape index (κ2) is 2.97. The maximum atomic E-state index is 10.7. The molecular weight excluding hydrogens is 176 g/mol. The minimum Gasteiger partial charge on any atom is -0.464 e. The van der Waals surface area contributed by atoms with Crippen LogP contribution < -0.4 is 0 Å². The van der Waals surface area contributed by atoms with Gasteiger partial charge in [0, 0.05) is 17.4 Å². The molecule has 0 saturated heterocycles. The summed E-state index contributed by atoms with van der Waals surface area (Å²) in [5.74, 6) is 0. The van der Waals surface area contributed by atoms with E-state index in [4.69, 9.17) is 5.11 Å². The van der Waals surface area contributed by atoms with Gasteiger partial charge in [-0.3, -0.25) is 4.99 Å². The molecular formula is C7H12N2O2S. The molecule has 1 amide bonds. The van der Waals surface area contributed by atoms with Gasteiger partial charge in [-0.05, 0) is 0 Å². The van der Waals surface area contributed by atoms with Crippen LogP contribution in [0.15, 0.2) is 4.99 Å². The van der Waals surface area contributed by atoms with E-state index in [1.807, 2.05) is 20.8 Å². The molecule has 1 aliphatic heterocycles. The number of aliphatic imine (C=N–C) groups is 1. The van der Waals surface area contributed by atoms with Gasteiger partial charge in [0.1, 0.15) is 6.17 Å². The highest BCUT2D eigenvalue weighted by atomic mass is 32.2. The molecule has 12 heavy (non-hydrogen) atoms. The minimum absolute atomic E-state index is 0.140. The maximum absolute atomic E-state index is 10.7. The molecule has 1 N–H and O–H groups in total. The van der Waals surface area contributed by atoms with Gasteiger partial charge in [-0.2, -0.15) is 0 Å². The standard InChI is InChI=1S/C7H12N2O2S/c1-7(2,3)5-8-4-12-9(5)6(10)11/h4-5H,1-3H3,(H,10,11)/t5-/m0/s1. The lowest BCUT2D eigenvalue weighted by atomic mass is 9.93. The third kappa shape index (κ3) is 1.72.